The van der Waals surface area contributed by atoms with Gasteiger partial charge in [0.15, 0.2) is 0 Å². The molecule has 9 nitrogen and oxygen atoms in total. The lowest BCUT2D eigenvalue weighted by Crippen LogP contribution is -2.03. The van der Waals surface area contributed by atoms with Crippen LogP contribution in [0.5, 0.6) is 0 Å². The predicted octanol–water partition coefficient (Wildman–Crippen LogP) is 27.7. The normalized spacial score (nSPS) is 11.9. The van der Waals surface area contributed by atoms with Crippen LogP contribution in [0.1, 0.15) is 0 Å². The summed E-state index contributed by atoms with van der Waals surface area (Å²) in [5, 5.41) is 13.9. The van der Waals surface area contributed by atoms with Gasteiger partial charge in [-0.3, -0.25) is 9.13 Å². The van der Waals surface area contributed by atoms with Gasteiger partial charge in [0.05, 0.1) is 72.0 Å². The Morgan fingerprint density at radius 1 is 0.184 bits per heavy atom. The number of benzene rings is 16. The fourth-order valence-corrected chi connectivity index (χ4v) is 17.6. The summed E-state index contributed by atoms with van der Waals surface area (Å²) in [5.74, 6) is 1.54. The fraction of sp³-hybridized carbons (Fsp3) is 0. The zero-order chi connectivity index (χ0) is 74.9. The Morgan fingerprint density at radius 3 is 0.974 bits per heavy atom. The van der Waals surface area contributed by atoms with Crippen molar-refractivity contribution in [3.63, 3.8) is 0 Å². The Hall–Kier alpha value is -15.5. The number of rotatable bonds is 10. The van der Waals surface area contributed by atoms with Crippen LogP contribution in [0.4, 0.5) is 0 Å². The molecule has 532 valence electrons. The van der Waals surface area contributed by atoms with Gasteiger partial charge in [-0.2, -0.15) is 0 Å². The van der Waals surface area contributed by atoms with Gasteiger partial charge in [0, 0.05) is 81.9 Å². The van der Waals surface area contributed by atoms with E-state index in [-0.39, 0.29) is 0 Å². The number of pyridine rings is 1. The summed E-state index contributed by atoms with van der Waals surface area (Å²) in [6.07, 6.45) is 0. The van der Waals surface area contributed by atoms with Crippen LogP contribution in [-0.4, -0.2) is 33.2 Å². The second kappa shape index (κ2) is 26.1. The molecule has 8 heterocycles. The monoisotopic (exact) mass is 1460 g/mol. The minimum absolute atomic E-state index is 0.643. The molecule has 0 saturated heterocycles. The molecule has 0 aliphatic heterocycles. The van der Waals surface area contributed by atoms with Crippen molar-refractivity contribution < 1.29 is 8.83 Å². The minimum Gasteiger partial charge on any atom is -0.455 e. The highest BCUT2D eigenvalue weighted by molar-refractivity contribution is 6.25. The van der Waals surface area contributed by atoms with Crippen LogP contribution in [-0.2, 0) is 0 Å². The van der Waals surface area contributed by atoms with Crippen molar-refractivity contribution in [3.05, 3.63) is 394 Å². The van der Waals surface area contributed by atoms with Crippen LogP contribution in [0.25, 0.3) is 221 Å². The minimum atomic E-state index is 0.643. The number of aromatic nitrogens is 7. The Kier molecular flexibility index (Phi) is 14.8. The van der Waals surface area contributed by atoms with E-state index in [1.165, 1.54) is 27.1 Å². The van der Waals surface area contributed by atoms with Crippen LogP contribution in [0, 0.1) is 0 Å². The molecule has 24 rings (SSSR count). The molecule has 0 spiro atoms. The van der Waals surface area contributed by atoms with Gasteiger partial charge in [-0.15, -0.1) is 0 Å². The molecule has 0 aliphatic carbocycles. The molecule has 9 heteroatoms. The Balaban J connectivity index is 0.000000135. The predicted molar refractivity (Wildman–Crippen MR) is 471 cm³/mol. The molecule has 0 radical (unpaired) electrons. The van der Waals surface area contributed by atoms with E-state index >= 15 is 0 Å². The number of nitrogens with zero attached hydrogens (tertiary/aromatic N) is 7. The van der Waals surface area contributed by atoms with Crippen LogP contribution >= 0.6 is 0 Å². The van der Waals surface area contributed by atoms with E-state index in [0.717, 1.165) is 188 Å². The molecule has 114 heavy (non-hydrogen) atoms. The first-order valence-corrected chi connectivity index (χ1v) is 38.6. The second-order valence-corrected chi connectivity index (χ2v) is 29.3. The maximum Gasteiger partial charge on any atom is 0.235 e. The van der Waals surface area contributed by atoms with Crippen molar-refractivity contribution in [3.8, 4) is 90.3 Å². The molecule has 8 aromatic heterocycles. The van der Waals surface area contributed by atoms with Gasteiger partial charge in [0.1, 0.15) is 28.1 Å². The number of hydrogen-bond donors (Lipinski definition) is 0. The number of fused-ring (bicyclic) bond motifs is 20. The van der Waals surface area contributed by atoms with E-state index in [9.17, 15) is 0 Å². The van der Waals surface area contributed by atoms with Gasteiger partial charge < -0.3 is 18.0 Å². The lowest BCUT2D eigenvalue weighted by atomic mass is 10.0. The van der Waals surface area contributed by atoms with Crippen LogP contribution < -0.4 is 0 Å². The number of para-hydroxylation sites is 6. The highest BCUT2D eigenvalue weighted by atomic mass is 16.3. The first-order valence-electron chi connectivity index (χ1n) is 38.6. The first kappa shape index (κ1) is 64.5. The lowest BCUT2D eigenvalue weighted by molar-refractivity contribution is 0.672. The smallest absolute Gasteiger partial charge is 0.235 e. The molecule has 0 saturated carbocycles. The van der Waals surface area contributed by atoms with Gasteiger partial charge in [-0.25, -0.2) is 15.0 Å². The quantitative estimate of drug-likeness (QED) is 0.136. The number of furan rings is 2. The summed E-state index contributed by atoms with van der Waals surface area (Å²) >= 11 is 0. The molecule has 0 N–H and O–H groups in total. The zero-order valence-corrected chi connectivity index (χ0v) is 61.5. The summed E-state index contributed by atoms with van der Waals surface area (Å²) < 4.78 is 22.3. The zero-order valence-electron chi connectivity index (χ0n) is 61.5. The lowest BCUT2D eigenvalue weighted by Gasteiger charge is -2.13. The van der Waals surface area contributed by atoms with E-state index < -0.39 is 0 Å². The van der Waals surface area contributed by atoms with Crippen LogP contribution in [0.3, 0.4) is 0 Å². The highest BCUT2D eigenvalue weighted by Crippen LogP contribution is 2.45. The molecule has 0 amide bonds. The Labute approximate surface area is 653 Å². The number of hydrogen-bond acceptors (Lipinski definition) is 5. The molecule has 0 atom stereocenters. The summed E-state index contributed by atoms with van der Waals surface area (Å²) in [6, 6.07) is 140. The van der Waals surface area contributed by atoms with Gasteiger partial charge in [0.25, 0.3) is 0 Å². The third-order valence-electron chi connectivity index (χ3n) is 22.9. The van der Waals surface area contributed by atoms with Crippen molar-refractivity contribution in [1.29, 1.82) is 0 Å². The van der Waals surface area contributed by atoms with Gasteiger partial charge in [-0.1, -0.05) is 267 Å². The SMILES string of the molecule is c1ccc(-c2cc(-c3ccccc3)nc(-n3c4ccccc4c4cc(-c5ccc(-n6c7ccccc7c7c8oc9ccccc9c8ccc76)cc5)ccc43)c2)cc1.c1ccc(-c2cc(-c3ccccc3)nc(-n3c4ccccc4c4cc(-c5ccc(-n6c7ccccc7c7c8oc9ccccc9c8ccc76)cc5)ccc43)n2)cc1. The molecular weight excluding hydrogens is 1390 g/mol. The largest absolute Gasteiger partial charge is 0.455 e. The molecule has 0 bridgehead atoms. The molecule has 24 aromatic rings. The summed E-state index contributed by atoms with van der Waals surface area (Å²) in [7, 11) is 0. The van der Waals surface area contributed by atoms with Crippen molar-refractivity contribution in [2.75, 3.05) is 0 Å². The molecule has 0 unspecified atom stereocenters. The highest BCUT2D eigenvalue weighted by Gasteiger charge is 2.24. The topological polar surface area (TPSA) is 84.7 Å². The van der Waals surface area contributed by atoms with Gasteiger partial charge in [0.2, 0.25) is 5.95 Å². The van der Waals surface area contributed by atoms with Crippen LogP contribution in [0.15, 0.2) is 403 Å². The first-order chi connectivity index (χ1) is 56.5. The van der Waals surface area contributed by atoms with E-state index in [1.807, 2.05) is 36.4 Å². The van der Waals surface area contributed by atoms with E-state index in [1.54, 1.807) is 0 Å². The maximum atomic E-state index is 6.53. The second-order valence-electron chi connectivity index (χ2n) is 29.3. The molecule has 16 aromatic carbocycles. The fourth-order valence-electron chi connectivity index (χ4n) is 17.6. The van der Waals surface area contributed by atoms with Gasteiger partial charge in [-0.05, 0) is 161 Å². The van der Waals surface area contributed by atoms with E-state index in [2.05, 4.69) is 376 Å². The summed E-state index contributed by atoms with van der Waals surface area (Å²) in [4.78, 5) is 15.7. The molecule has 0 aliphatic rings. The Bertz CT molecular complexity index is 7360. The summed E-state index contributed by atoms with van der Waals surface area (Å²) in [5.41, 5.74) is 27.6. The average molecular weight is 1460 g/mol. The van der Waals surface area contributed by atoms with Crippen LogP contribution in [0.2, 0.25) is 0 Å². The van der Waals surface area contributed by atoms with Crippen molar-refractivity contribution >= 4 is 131 Å². The van der Waals surface area contributed by atoms with Crippen molar-refractivity contribution in [2.45, 2.75) is 0 Å². The van der Waals surface area contributed by atoms with E-state index in [0.29, 0.717) is 5.95 Å². The molecule has 0 fully saturated rings. The molecular formula is C105H65N7O2. The maximum absolute atomic E-state index is 6.53. The standard InChI is InChI=1S/C53H33N3O.C52H32N4O/c1-3-13-34(14-4-1)38-32-45(36-15-5-2-6-16-36)54-51(33-38)56-46-20-10-7-17-40(46)44-31-37(25-29-48(44)56)35-23-26-39(27-24-35)55-47-21-11-8-19-43(47)52-49(55)30-28-42-41-18-9-12-22-50(41)57-53(42)52;1-3-13-34(14-4-1)43-32-44(35-15-5-2-6-16-35)54-52(53-43)56-45-20-10-7-17-38(45)42-31-36(25-29-47(42)56)33-23-26-37(27-24-33)55-46-21-11-8-19-41(46)50-48(55)30-28-40-39-18-9-12-22-49(39)57-51(40)50/h1-33H;1-32H. The van der Waals surface area contributed by atoms with Crippen molar-refractivity contribution in [2.24, 2.45) is 0 Å². The third-order valence-corrected chi connectivity index (χ3v) is 22.9. The van der Waals surface area contributed by atoms with Crippen molar-refractivity contribution in [1.82, 2.24) is 33.2 Å². The Morgan fingerprint density at radius 2 is 0.518 bits per heavy atom. The van der Waals surface area contributed by atoms with Gasteiger partial charge >= 0.3 is 0 Å². The van der Waals surface area contributed by atoms with E-state index in [4.69, 9.17) is 23.8 Å². The summed E-state index contributed by atoms with van der Waals surface area (Å²) in [6.45, 7) is 0. The average Bonchev–Trinajstić information content (AvgIpc) is 1.57. The third kappa shape index (κ3) is 10.4.